The van der Waals surface area contributed by atoms with Gasteiger partial charge in [-0.15, -0.1) is 0 Å². The number of aryl methyl sites for hydroxylation is 2. The second-order valence-electron chi connectivity index (χ2n) is 8.31. The van der Waals surface area contributed by atoms with E-state index in [-0.39, 0.29) is 44.4 Å². The molecule has 0 bridgehead atoms. The fourth-order valence-corrected chi connectivity index (χ4v) is 4.59. The number of hydrogen-bond donors (Lipinski definition) is 1. The zero-order valence-electron chi connectivity index (χ0n) is 17.4. The van der Waals surface area contributed by atoms with Crippen molar-refractivity contribution in [2.24, 2.45) is 5.92 Å². The molecule has 1 N–H and O–H groups in total. The quantitative estimate of drug-likeness (QED) is 0.626. The molecule has 2 unspecified atom stereocenters. The number of carboxylic acids is 1. The molecule has 29 heavy (non-hydrogen) atoms. The van der Waals surface area contributed by atoms with Crippen LogP contribution in [-0.4, -0.2) is 41.0 Å². The summed E-state index contributed by atoms with van der Waals surface area (Å²) in [7, 11) is 0. The normalized spacial score (nSPS) is 21.2. The van der Waals surface area contributed by atoms with E-state index in [1.54, 1.807) is 0 Å². The molecule has 3 rings (SSSR count). The van der Waals surface area contributed by atoms with E-state index in [2.05, 4.69) is 12.1 Å². The number of quaternary nitrogens is 1. The van der Waals surface area contributed by atoms with E-state index in [0.717, 1.165) is 35.2 Å². The van der Waals surface area contributed by atoms with Crippen molar-refractivity contribution in [2.45, 2.75) is 39.7 Å². The number of carboxylic acid groups (broad SMARTS) is 1. The van der Waals surface area contributed by atoms with Crippen LogP contribution in [0.1, 0.15) is 35.1 Å². The van der Waals surface area contributed by atoms with Crippen LogP contribution in [0.15, 0.2) is 48.5 Å². The predicted octanol–water partition coefficient (Wildman–Crippen LogP) is 3.92. The Balaban J connectivity index is 0.00000300. The Labute approximate surface area is 198 Å². The molecule has 1 aliphatic rings. The maximum atomic E-state index is 13.1. The first-order valence-corrected chi connectivity index (χ1v) is 10.1. The number of carbonyl (C=O) groups is 2. The number of likely N-dealkylation sites (tertiary alicyclic amines) is 1. The molecule has 1 saturated heterocycles. The van der Waals surface area contributed by atoms with E-state index in [1.165, 1.54) is 0 Å². The zero-order chi connectivity index (χ0) is 20.1. The smallest absolute Gasteiger partial charge is 0.312 e. The minimum atomic E-state index is -0.738. The maximum Gasteiger partial charge on any atom is 0.312 e. The molecular formula is C24H30NO3Y+. The van der Waals surface area contributed by atoms with E-state index in [4.69, 9.17) is 0 Å². The Morgan fingerprint density at radius 1 is 1.03 bits per heavy atom. The van der Waals surface area contributed by atoms with E-state index in [9.17, 15) is 14.7 Å². The number of benzene rings is 2. The third-order valence-electron chi connectivity index (χ3n) is 6.03. The Morgan fingerprint density at radius 2 is 1.69 bits per heavy atom. The number of ketones is 1. The number of Topliss-reactive ketones (excluding diaryl/α,β-unsaturated/α-hetero) is 1. The van der Waals surface area contributed by atoms with Crippen molar-refractivity contribution in [2.75, 3.05) is 19.6 Å². The van der Waals surface area contributed by atoms with Gasteiger partial charge in [0.1, 0.15) is 19.0 Å². The molecular weight excluding hydrogens is 439 g/mol. The minimum Gasteiger partial charge on any atom is -0.481 e. The van der Waals surface area contributed by atoms with Gasteiger partial charge in [-0.25, -0.2) is 0 Å². The molecule has 2 atom stereocenters. The van der Waals surface area contributed by atoms with Crippen molar-refractivity contribution in [1.82, 2.24) is 0 Å². The first-order valence-electron chi connectivity index (χ1n) is 10.1. The van der Waals surface area contributed by atoms with Gasteiger partial charge in [-0.05, 0) is 43.4 Å². The van der Waals surface area contributed by atoms with Gasteiger partial charge in [-0.1, -0.05) is 48.5 Å². The molecule has 1 aliphatic heterocycles. The second kappa shape index (κ2) is 10.6. The van der Waals surface area contributed by atoms with Gasteiger partial charge in [0, 0.05) is 44.7 Å². The molecule has 2 aromatic carbocycles. The molecule has 0 spiro atoms. The average Bonchev–Trinajstić information content (AvgIpc) is 2.65. The summed E-state index contributed by atoms with van der Waals surface area (Å²) in [6.07, 6.45) is 1.97. The van der Waals surface area contributed by atoms with E-state index < -0.39 is 5.97 Å². The van der Waals surface area contributed by atoms with Crippen LogP contribution in [-0.2, 0) is 55.3 Å². The van der Waals surface area contributed by atoms with Crippen molar-refractivity contribution < 1.29 is 51.9 Å². The molecule has 1 fully saturated rings. The summed E-state index contributed by atoms with van der Waals surface area (Å²) in [5.74, 6) is -0.915. The van der Waals surface area contributed by atoms with Crippen LogP contribution in [0.5, 0.6) is 0 Å². The Kier molecular flexibility index (Phi) is 8.75. The van der Waals surface area contributed by atoms with Crippen molar-refractivity contribution in [3.8, 4) is 0 Å². The van der Waals surface area contributed by atoms with Crippen LogP contribution in [0.25, 0.3) is 0 Å². The standard InChI is InChI=1S/C24H29NO3.Y/c1-18-8-6-9-19(2)23(18)14-22(26)17-25(15-20-10-4-3-5-11-20)13-7-12-21(16-25)24(27)28;/h3-6,8-11,21H,7,12-17H2,1-2H3;/p+1. The van der Waals surface area contributed by atoms with Crippen LogP contribution in [0.3, 0.4) is 0 Å². The first kappa shape index (κ1) is 23.9. The van der Waals surface area contributed by atoms with Gasteiger partial charge in [0.25, 0.3) is 0 Å². The SMILES string of the molecule is Cc1cccc(C)c1CC(=O)C[N+]1(Cc2ccccc2)CCCC(C(=O)O)C1.[Y]. The molecule has 5 heteroatoms. The van der Waals surface area contributed by atoms with Gasteiger partial charge in [-0.2, -0.15) is 0 Å². The van der Waals surface area contributed by atoms with Crippen molar-refractivity contribution in [1.29, 1.82) is 0 Å². The van der Waals surface area contributed by atoms with Gasteiger partial charge in [0.05, 0.1) is 13.1 Å². The van der Waals surface area contributed by atoms with Crippen LogP contribution >= 0.6 is 0 Å². The van der Waals surface area contributed by atoms with Gasteiger partial charge in [0.2, 0.25) is 0 Å². The summed E-state index contributed by atoms with van der Waals surface area (Å²) in [6.45, 7) is 6.59. The molecule has 2 aromatic rings. The summed E-state index contributed by atoms with van der Waals surface area (Å²) in [5.41, 5.74) is 4.56. The monoisotopic (exact) mass is 469 g/mol. The number of carbonyl (C=O) groups excluding carboxylic acids is 1. The van der Waals surface area contributed by atoms with Crippen molar-refractivity contribution in [3.05, 3.63) is 70.8 Å². The topological polar surface area (TPSA) is 54.4 Å². The second-order valence-corrected chi connectivity index (χ2v) is 8.31. The fourth-order valence-electron chi connectivity index (χ4n) is 4.59. The number of nitrogens with zero attached hydrogens (tertiary/aromatic N) is 1. The number of rotatable bonds is 7. The van der Waals surface area contributed by atoms with E-state index in [0.29, 0.717) is 37.0 Å². The molecule has 0 aliphatic carbocycles. The number of hydrogen-bond acceptors (Lipinski definition) is 2. The average molecular weight is 469 g/mol. The largest absolute Gasteiger partial charge is 0.481 e. The minimum absolute atomic E-state index is 0. The third-order valence-corrected chi connectivity index (χ3v) is 6.03. The summed E-state index contributed by atoms with van der Waals surface area (Å²) in [5, 5.41) is 9.58. The number of piperidine rings is 1. The van der Waals surface area contributed by atoms with Crippen LogP contribution in [0.4, 0.5) is 0 Å². The van der Waals surface area contributed by atoms with Crippen LogP contribution < -0.4 is 0 Å². The molecule has 1 heterocycles. The third kappa shape index (κ3) is 6.31. The summed E-state index contributed by atoms with van der Waals surface area (Å²) in [6, 6.07) is 16.2. The van der Waals surface area contributed by atoms with Crippen molar-refractivity contribution in [3.63, 3.8) is 0 Å². The van der Waals surface area contributed by atoms with E-state index in [1.807, 2.05) is 50.2 Å². The van der Waals surface area contributed by atoms with Gasteiger partial charge in [0.15, 0.2) is 5.78 Å². The number of aliphatic carboxylic acids is 1. The van der Waals surface area contributed by atoms with Crippen molar-refractivity contribution >= 4 is 11.8 Å². The zero-order valence-corrected chi connectivity index (χ0v) is 20.3. The molecule has 4 nitrogen and oxygen atoms in total. The van der Waals surface area contributed by atoms with Gasteiger partial charge >= 0.3 is 5.97 Å². The molecule has 0 amide bonds. The summed E-state index contributed by atoms with van der Waals surface area (Å²) in [4.78, 5) is 24.8. The summed E-state index contributed by atoms with van der Waals surface area (Å²) < 4.78 is 0.546. The molecule has 151 valence electrons. The summed E-state index contributed by atoms with van der Waals surface area (Å²) >= 11 is 0. The first-order chi connectivity index (χ1) is 13.4. The Hall–Kier alpha value is -1.36. The van der Waals surface area contributed by atoms with Crippen LogP contribution in [0, 0.1) is 19.8 Å². The molecule has 1 radical (unpaired) electrons. The van der Waals surface area contributed by atoms with Gasteiger partial charge in [-0.3, -0.25) is 9.59 Å². The molecule has 0 aromatic heterocycles. The maximum absolute atomic E-state index is 13.1. The Bertz CT molecular complexity index is 832. The Morgan fingerprint density at radius 3 is 2.31 bits per heavy atom. The van der Waals surface area contributed by atoms with Crippen LogP contribution in [0.2, 0.25) is 0 Å². The fraction of sp³-hybridized carbons (Fsp3) is 0.417. The van der Waals surface area contributed by atoms with Gasteiger partial charge < -0.3 is 9.59 Å². The predicted molar refractivity (Wildman–Crippen MR) is 110 cm³/mol. The molecule has 0 saturated carbocycles. The van der Waals surface area contributed by atoms with E-state index >= 15 is 0 Å².